The van der Waals surface area contributed by atoms with Crippen LogP contribution in [0.1, 0.15) is 39.5 Å². The molecule has 17 heavy (non-hydrogen) atoms. The molecule has 2 rings (SSSR count). The quantitative estimate of drug-likeness (QED) is 0.767. The topological polar surface area (TPSA) is 75.6 Å². The van der Waals surface area contributed by atoms with E-state index in [-0.39, 0.29) is 24.0 Å². The Balaban J connectivity index is 1.99. The minimum Gasteiger partial charge on any atom is -0.480 e. The molecule has 0 aromatic rings. The second-order valence-electron chi connectivity index (χ2n) is 5.20. The molecule has 2 bridgehead atoms. The molecular weight excluding hydrogens is 222 g/mol. The van der Waals surface area contributed by atoms with Crippen LogP contribution in [0, 0.1) is 5.92 Å². The molecule has 2 saturated heterocycles. The molecule has 2 fully saturated rings. The van der Waals surface area contributed by atoms with Crippen LogP contribution in [0.3, 0.4) is 0 Å². The molecule has 4 atom stereocenters. The lowest BCUT2D eigenvalue weighted by Crippen LogP contribution is -2.54. The van der Waals surface area contributed by atoms with Gasteiger partial charge in [0.2, 0.25) is 5.91 Å². The van der Waals surface area contributed by atoms with Gasteiger partial charge in [0.1, 0.15) is 5.54 Å². The summed E-state index contributed by atoms with van der Waals surface area (Å²) < 4.78 is 5.61. The molecule has 96 valence electrons. The molecule has 0 spiro atoms. The number of hydrogen-bond donors (Lipinski definition) is 2. The number of ether oxygens (including phenoxy) is 1. The molecule has 2 aliphatic rings. The Labute approximate surface area is 101 Å². The predicted octanol–water partition coefficient (Wildman–Crippen LogP) is 0.923. The van der Waals surface area contributed by atoms with Gasteiger partial charge in [-0.1, -0.05) is 6.92 Å². The number of carbonyl (C=O) groups excluding carboxylic acids is 1. The van der Waals surface area contributed by atoms with E-state index in [0.717, 1.165) is 19.3 Å². The lowest BCUT2D eigenvalue weighted by molar-refractivity contribution is -0.148. The average molecular weight is 241 g/mol. The molecular formula is C12H19NO4. The van der Waals surface area contributed by atoms with Crippen molar-refractivity contribution < 1.29 is 19.4 Å². The minimum absolute atomic E-state index is 0.00472. The Kier molecular flexibility index (Phi) is 3.12. The largest absolute Gasteiger partial charge is 0.480 e. The van der Waals surface area contributed by atoms with Crippen molar-refractivity contribution in [1.29, 1.82) is 0 Å². The van der Waals surface area contributed by atoms with Gasteiger partial charge in [0.15, 0.2) is 0 Å². The SMILES string of the molecule is CCC(C)(NC(=O)C1CC2CCC1O2)C(=O)O. The third kappa shape index (κ3) is 2.16. The Morgan fingerprint density at radius 3 is 2.59 bits per heavy atom. The number of fused-ring (bicyclic) bond motifs is 2. The normalized spacial score (nSPS) is 34.4. The monoisotopic (exact) mass is 241 g/mol. The Hall–Kier alpha value is -1.10. The Morgan fingerprint density at radius 1 is 1.47 bits per heavy atom. The fourth-order valence-corrected chi connectivity index (χ4v) is 2.57. The van der Waals surface area contributed by atoms with Gasteiger partial charge in [-0.3, -0.25) is 4.79 Å². The van der Waals surface area contributed by atoms with Crippen molar-refractivity contribution >= 4 is 11.9 Å². The summed E-state index contributed by atoms with van der Waals surface area (Å²) in [5, 5.41) is 11.8. The maximum absolute atomic E-state index is 12.1. The van der Waals surface area contributed by atoms with E-state index in [2.05, 4.69) is 5.32 Å². The van der Waals surface area contributed by atoms with Gasteiger partial charge in [-0.05, 0) is 32.6 Å². The van der Waals surface area contributed by atoms with E-state index < -0.39 is 11.5 Å². The van der Waals surface area contributed by atoms with Crippen LogP contribution in [0.5, 0.6) is 0 Å². The van der Waals surface area contributed by atoms with Crippen LogP contribution >= 0.6 is 0 Å². The van der Waals surface area contributed by atoms with Crippen molar-refractivity contribution in [1.82, 2.24) is 5.32 Å². The van der Waals surface area contributed by atoms with E-state index in [1.165, 1.54) is 0 Å². The summed E-state index contributed by atoms with van der Waals surface area (Å²) in [5.74, 6) is -1.33. The molecule has 2 aliphatic heterocycles. The molecule has 4 unspecified atom stereocenters. The summed E-state index contributed by atoms with van der Waals surface area (Å²) in [6, 6.07) is 0. The highest BCUT2D eigenvalue weighted by atomic mass is 16.5. The van der Waals surface area contributed by atoms with Crippen LogP contribution in [-0.4, -0.2) is 34.7 Å². The highest BCUT2D eigenvalue weighted by Gasteiger charge is 2.46. The first kappa shape index (κ1) is 12.4. The molecule has 0 radical (unpaired) electrons. The molecule has 0 aromatic carbocycles. The van der Waals surface area contributed by atoms with Crippen molar-refractivity contribution in [3.63, 3.8) is 0 Å². The fourth-order valence-electron chi connectivity index (χ4n) is 2.57. The van der Waals surface area contributed by atoms with E-state index in [9.17, 15) is 9.59 Å². The Bertz CT molecular complexity index is 343. The second kappa shape index (κ2) is 4.29. The number of carboxylic acids is 1. The number of hydrogen-bond acceptors (Lipinski definition) is 3. The first-order chi connectivity index (χ1) is 7.96. The molecule has 2 N–H and O–H groups in total. The number of aliphatic carboxylic acids is 1. The van der Waals surface area contributed by atoms with E-state index in [1.807, 2.05) is 0 Å². The number of carbonyl (C=O) groups is 2. The summed E-state index contributed by atoms with van der Waals surface area (Å²) in [6.07, 6.45) is 3.24. The zero-order chi connectivity index (χ0) is 12.6. The molecule has 0 aromatic heterocycles. The maximum Gasteiger partial charge on any atom is 0.329 e. The highest BCUT2D eigenvalue weighted by molar-refractivity contribution is 5.88. The predicted molar refractivity (Wildman–Crippen MR) is 60.5 cm³/mol. The Morgan fingerprint density at radius 2 is 2.18 bits per heavy atom. The molecule has 1 amide bonds. The standard InChI is InChI=1S/C12H19NO4/c1-3-12(2,11(15)16)13-10(14)8-6-7-4-5-9(8)17-7/h7-9H,3-6H2,1-2H3,(H,13,14)(H,15,16). The molecule has 0 saturated carbocycles. The molecule has 5 nitrogen and oxygen atoms in total. The van der Waals surface area contributed by atoms with Gasteiger partial charge in [-0.15, -0.1) is 0 Å². The van der Waals surface area contributed by atoms with Crippen LogP contribution in [-0.2, 0) is 14.3 Å². The number of rotatable bonds is 4. The lowest BCUT2D eigenvalue weighted by atomic mass is 9.87. The zero-order valence-electron chi connectivity index (χ0n) is 10.2. The lowest BCUT2D eigenvalue weighted by Gasteiger charge is -2.28. The van der Waals surface area contributed by atoms with Crippen molar-refractivity contribution in [2.75, 3.05) is 0 Å². The van der Waals surface area contributed by atoms with Crippen LogP contribution in [0.4, 0.5) is 0 Å². The molecule has 2 heterocycles. The molecule has 0 aliphatic carbocycles. The number of nitrogens with one attached hydrogen (secondary N) is 1. The van der Waals surface area contributed by atoms with E-state index in [1.54, 1.807) is 13.8 Å². The average Bonchev–Trinajstić information content (AvgIpc) is 2.90. The summed E-state index contributed by atoms with van der Waals surface area (Å²) in [4.78, 5) is 23.2. The summed E-state index contributed by atoms with van der Waals surface area (Å²) in [5.41, 5.74) is -1.17. The minimum atomic E-state index is -1.17. The van der Waals surface area contributed by atoms with E-state index in [0.29, 0.717) is 6.42 Å². The first-order valence-electron chi connectivity index (χ1n) is 6.17. The van der Waals surface area contributed by atoms with E-state index in [4.69, 9.17) is 9.84 Å². The van der Waals surface area contributed by atoms with Gasteiger partial charge in [0, 0.05) is 0 Å². The van der Waals surface area contributed by atoms with Gasteiger partial charge >= 0.3 is 5.97 Å². The summed E-state index contributed by atoms with van der Waals surface area (Å²) in [7, 11) is 0. The van der Waals surface area contributed by atoms with Gasteiger partial charge in [0.25, 0.3) is 0 Å². The van der Waals surface area contributed by atoms with Crippen LogP contribution < -0.4 is 5.32 Å². The van der Waals surface area contributed by atoms with Crippen molar-refractivity contribution in [3.05, 3.63) is 0 Å². The number of carboxylic acid groups (broad SMARTS) is 1. The smallest absolute Gasteiger partial charge is 0.329 e. The van der Waals surface area contributed by atoms with Gasteiger partial charge < -0.3 is 15.2 Å². The summed E-state index contributed by atoms with van der Waals surface area (Å²) in [6.45, 7) is 3.30. The fraction of sp³-hybridized carbons (Fsp3) is 0.833. The van der Waals surface area contributed by atoms with Crippen LogP contribution in [0.25, 0.3) is 0 Å². The van der Waals surface area contributed by atoms with Gasteiger partial charge in [0.05, 0.1) is 18.1 Å². The summed E-state index contributed by atoms with van der Waals surface area (Å²) >= 11 is 0. The van der Waals surface area contributed by atoms with Crippen LogP contribution in [0.15, 0.2) is 0 Å². The van der Waals surface area contributed by atoms with E-state index >= 15 is 0 Å². The van der Waals surface area contributed by atoms with Gasteiger partial charge in [-0.2, -0.15) is 0 Å². The second-order valence-corrected chi connectivity index (χ2v) is 5.20. The third-order valence-corrected chi connectivity index (χ3v) is 4.02. The molecule has 5 heteroatoms. The highest BCUT2D eigenvalue weighted by Crippen LogP contribution is 2.39. The first-order valence-corrected chi connectivity index (χ1v) is 6.17. The number of amides is 1. The van der Waals surface area contributed by atoms with Gasteiger partial charge in [-0.25, -0.2) is 4.79 Å². The van der Waals surface area contributed by atoms with Crippen LogP contribution in [0.2, 0.25) is 0 Å². The zero-order valence-corrected chi connectivity index (χ0v) is 10.2. The maximum atomic E-state index is 12.1. The van der Waals surface area contributed by atoms with Crippen molar-refractivity contribution in [2.24, 2.45) is 5.92 Å². The third-order valence-electron chi connectivity index (χ3n) is 4.02. The van der Waals surface area contributed by atoms with Crippen molar-refractivity contribution in [2.45, 2.75) is 57.3 Å². The van der Waals surface area contributed by atoms with Crippen molar-refractivity contribution in [3.8, 4) is 0 Å².